The summed E-state index contributed by atoms with van der Waals surface area (Å²) in [5.41, 5.74) is 2.79. The standard InChI is InChI=1S/C22H19ClFN5O2/c1-13-21-20(14(2)29(27-21)18-9-5-16(23)6-10-18)22(31)28(26-13)12-19(30)25-11-15-3-7-17(24)8-4-15/h3-10H,11-12H2,1-2H3,(H,25,30). The molecule has 0 aliphatic carbocycles. The molecular weight excluding hydrogens is 421 g/mol. The van der Waals surface area contributed by atoms with Gasteiger partial charge in [0, 0.05) is 11.6 Å². The minimum atomic E-state index is -0.393. The summed E-state index contributed by atoms with van der Waals surface area (Å²) < 4.78 is 15.8. The number of nitrogens with zero attached hydrogens (tertiary/aromatic N) is 4. The fourth-order valence-corrected chi connectivity index (χ4v) is 3.48. The number of aryl methyl sites for hydroxylation is 2. The fourth-order valence-electron chi connectivity index (χ4n) is 3.35. The minimum Gasteiger partial charge on any atom is -0.350 e. The maximum atomic E-state index is 13.1. The monoisotopic (exact) mass is 439 g/mol. The van der Waals surface area contributed by atoms with Crippen molar-refractivity contribution in [3.63, 3.8) is 0 Å². The molecular formula is C22H19ClFN5O2. The highest BCUT2D eigenvalue weighted by Gasteiger charge is 2.18. The molecule has 0 bridgehead atoms. The van der Waals surface area contributed by atoms with E-state index in [0.29, 0.717) is 27.3 Å². The molecule has 1 N–H and O–H groups in total. The highest BCUT2D eigenvalue weighted by atomic mass is 35.5. The van der Waals surface area contributed by atoms with Crippen LogP contribution in [0.2, 0.25) is 5.02 Å². The Morgan fingerprint density at radius 3 is 2.42 bits per heavy atom. The molecule has 2 aromatic heterocycles. The van der Waals surface area contributed by atoms with Crippen LogP contribution in [0.25, 0.3) is 16.6 Å². The molecule has 158 valence electrons. The molecule has 0 aliphatic heterocycles. The van der Waals surface area contributed by atoms with Gasteiger partial charge >= 0.3 is 0 Å². The van der Waals surface area contributed by atoms with Gasteiger partial charge in [-0.1, -0.05) is 23.7 Å². The summed E-state index contributed by atoms with van der Waals surface area (Å²) in [6.45, 7) is 3.53. The maximum Gasteiger partial charge on any atom is 0.278 e. The van der Waals surface area contributed by atoms with Crippen LogP contribution in [-0.2, 0) is 17.9 Å². The van der Waals surface area contributed by atoms with Crippen molar-refractivity contribution in [1.82, 2.24) is 24.9 Å². The van der Waals surface area contributed by atoms with Crippen molar-refractivity contribution in [3.05, 3.63) is 86.7 Å². The van der Waals surface area contributed by atoms with E-state index in [1.165, 1.54) is 12.1 Å². The van der Waals surface area contributed by atoms with Crippen molar-refractivity contribution in [2.24, 2.45) is 0 Å². The summed E-state index contributed by atoms with van der Waals surface area (Å²) in [4.78, 5) is 25.4. The number of carbonyl (C=O) groups excluding carboxylic acids is 1. The topological polar surface area (TPSA) is 81.8 Å². The molecule has 2 aromatic carbocycles. The molecule has 0 atom stereocenters. The Bertz CT molecular complexity index is 1330. The number of aromatic nitrogens is 4. The number of amides is 1. The number of halogens is 2. The lowest BCUT2D eigenvalue weighted by molar-refractivity contribution is -0.122. The molecule has 0 aliphatic rings. The van der Waals surface area contributed by atoms with Gasteiger partial charge in [-0.2, -0.15) is 10.2 Å². The molecule has 4 rings (SSSR count). The van der Waals surface area contributed by atoms with Gasteiger partial charge in [0.15, 0.2) is 0 Å². The van der Waals surface area contributed by atoms with E-state index >= 15 is 0 Å². The summed E-state index contributed by atoms with van der Waals surface area (Å²) in [6, 6.07) is 12.9. The third-order valence-electron chi connectivity index (χ3n) is 4.95. The molecule has 0 unspecified atom stereocenters. The largest absolute Gasteiger partial charge is 0.350 e. The van der Waals surface area contributed by atoms with Gasteiger partial charge in [0.1, 0.15) is 17.9 Å². The summed E-state index contributed by atoms with van der Waals surface area (Å²) in [6.07, 6.45) is 0. The smallest absolute Gasteiger partial charge is 0.278 e. The van der Waals surface area contributed by atoms with Crippen LogP contribution in [0.15, 0.2) is 53.3 Å². The quantitative estimate of drug-likeness (QED) is 0.517. The van der Waals surface area contributed by atoms with E-state index in [0.717, 1.165) is 15.9 Å². The zero-order valence-corrected chi connectivity index (χ0v) is 17.7. The molecule has 0 saturated heterocycles. The minimum absolute atomic E-state index is 0.225. The molecule has 0 fully saturated rings. The summed E-state index contributed by atoms with van der Waals surface area (Å²) in [5.74, 6) is -0.718. The molecule has 0 saturated carbocycles. The summed E-state index contributed by atoms with van der Waals surface area (Å²) in [7, 11) is 0. The van der Waals surface area contributed by atoms with Crippen molar-refractivity contribution in [1.29, 1.82) is 0 Å². The Balaban J connectivity index is 1.61. The van der Waals surface area contributed by atoms with Crippen molar-refractivity contribution in [3.8, 4) is 5.69 Å². The first-order chi connectivity index (χ1) is 14.8. The van der Waals surface area contributed by atoms with E-state index < -0.39 is 5.56 Å². The zero-order chi connectivity index (χ0) is 22.1. The highest BCUT2D eigenvalue weighted by molar-refractivity contribution is 6.30. The van der Waals surface area contributed by atoms with Gasteiger partial charge in [-0.25, -0.2) is 13.8 Å². The molecule has 31 heavy (non-hydrogen) atoms. The fraction of sp³-hybridized carbons (Fsp3) is 0.182. The Hall–Kier alpha value is -3.52. The van der Waals surface area contributed by atoms with E-state index in [-0.39, 0.29) is 24.8 Å². The van der Waals surface area contributed by atoms with E-state index in [1.54, 1.807) is 42.8 Å². The van der Waals surface area contributed by atoms with Crippen molar-refractivity contribution >= 4 is 28.4 Å². The second-order valence-electron chi connectivity index (χ2n) is 7.15. The van der Waals surface area contributed by atoms with Gasteiger partial charge in [0.25, 0.3) is 5.56 Å². The summed E-state index contributed by atoms with van der Waals surface area (Å²) in [5, 5.41) is 12.5. The van der Waals surface area contributed by atoms with Crippen LogP contribution in [-0.4, -0.2) is 25.5 Å². The zero-order valence-electron chi connectivity index (χ0n) is 16.9. The normalized spacial score (nSPS) is 11.1. The molecule has 1 amide bonds. The van der Waals surface area contributed by atoms with Crippen LogP contribution in [0.3, 0.4) is 0 Å². The van der Waals surface area contributed by atoms with Gasteiger partial charge in [-0.3, -0.25) is 9.59 Å². The van der Waals surface area contributed by atoms with Crippen LogP contribution < -0.4 is 10.9 Å². The van der Waals surface area contributed by atoms with Crippen molar-refractivity contribution < 1.29 is 9.18 Å². The van der Waals surface area contributed by atoms with Crippen molar-refractivity contribution in [2.45, 2.75) is 26.9 Å². The predicted molar refractivity (Wildman–Crippen MR) is 116 cm³/mol. The third kappa shape index (κ3) is 4.20. The number of rotatable bonds is 5. The Kier molecular flexibility index (Phi) is 5.56. The van der Waals surface area contributed by atoms with Gasteiger partial charge in [0.05, 0.1) is 22.5 Å². The van der Waals surface area contributed by atoms with Crippen LogP contribution >= 0.6 is 11.6 Å². The van der Waals surface area contributed by atoms with E-state index in [1.807, 2.05) is 12.1 Å². The molecule has 2 heterocycles. The van der Waals surface area contributed by atoms with Crippen LogP contribution in [0.1, 0.15) is 17.0 Å². The first-order valence-corrected chi connectivity index (χ1v) is 9.95. The lowest BCUT2D eigenvalue weighted by Gasteiger charge is -2.08. The molecule has 0 spiro atoms. The Labute approximate surface area is 182 Å². The maximum absolute atomic E-state index is 13.1. The average molecular weight is 440 g/mol. The lowest BCUT2D eigenvalue weighted by Crippen LogP contribution is -2.34. The number of hydrogen-bond donors (Lipinski definition) is 1. The first kappa shape index (κ1) is 20.7. The van der Waals surface area contributed by atoms with Crippen LogP contribution in [0.5, 0.6) is 0 Å². The van der Waals surface area contributed by atoms with E-state index in [2.05, 4.69) is 15.5 Å². The molecule has 4 aromatic rings. The average Bonchev–Trinajstić information content (AvgIpc) is 3.10. The molecule has 0 radical (unpaired) electrons. The first-order valence-electron chi connectivity index (χ1n) is 9.57. The number of hydrogen-bond acceptors (Lipinski definition) is 4. The molecule has 9 heteroatoms. The SMILES string of the molecule is Cc1nn(CC(=O)NCc2ccc(F)cc2)c(=O)c2c(C)n(-c3ccc(Cl)cc3)nc12. The van der Waals surface area contributed by atoms with Gasteiger partial charge < -0.3 is 5.32 Å². The summed E-state index contributed by atoms with van der Waals surface area (Å²) >= 11 is 5.96. The lowest BCUT2D eigenvalue weighted by atomic mass is 10.2. The Morgan fingerprint density at radius 2 is 1.74 bits per heavy atom. The van der Waals surface area contributed by atoms with Gasteiger partial charge in [0.2, 0.25) is 5.91 Å². The van der Waals surface area contributed by atoms with Crippen molar-refractivity contribution in [2.75, 3.05) is 0 Å². The second-order valence-corrected chi connectivity index (χ2v) is 7.59. The third-order valence-corrected chi connectivity index (χ3v) is 5.20. The number of benzene rings is 2. The van der Waals surface area contributed by atoms with Gasteiger partial charge in [-0.15, -0.1) is 0 Å². The van der Waals surface area contributed by atoms with E-state index in [4.69, 9.17) is 11.6 Å². The number of carbonyl (C=O) groups is 1. The van der Waals surface area contributed by atoms with Crippen LogP contribution in [0, 0.1) is 19.7 Å². The Morgan fingerprint density at radius 1 is 1.06 bits per heavy atom. The molecule has 7 nitrogen and oxygen atoms in total. The van der Waals surface area contributed by atoms with Crippen LogP contribution in [0.4, 0.5) is 4.39 Å². The highest BCUT2D eigenvalue weighted by Crippen LogP contribution is 2.21. The second kappa shape index (κ2) is 8.31. The predicted octanol–water partition coefficient (Wildman–Crippen LogP) is 3.31. The number of nitrogens with one attached hydrogen (secondary N) is 1. The van der Waals surface area contributed by atoms with E-state index in [9.17, 15) is 14.0 Å². The van der Waals surface area contributed by atoms with Gasteiger partial charge in [-0.05, 0) is 55.8 Å². The number of fused-ring (bicyclic) bond motifs is 1.